The van der Waals surface area contributed by atoms with Gasteiger partial charge in [-0.3, -0.25) is 0 Å². The Balaban J connectivity index is 2.44. The van der Waals surface area contributed by atoms with Crippen LogP contribution in [0.15, 0.2) is 24.3 Å². The number of benzene rings is 1. The first-order chi connectivity index (χ1) is 10.1. The Bertz CT molecular complexity index is 638. The quantitative estimate of drug-likeness (QED) is 0.849. The third-order valence-electron chi connectivity index (χ3n) is 3.91. The third-order valence-corrected chi connectivity index (χ3v) is 3.91. The van der Waals surface area contributed by atoms with Gasteiger partial charge < -0.3 is 10.4 Å². The van der Waals surface area contributed by atoms with Crippen molar-refractivity contribution in [3.63, 3.8) is 0 Å². The van der Waals surface area contributed by atoms with Gasteiger partial charge in [-0.15, -0.1) is 0 Å². The molecule has 0 aliphatic carbocycles. The van der Waals surface area contributed by atoms with Crippen LogP contribution in [0.5, 0.6) is 0 Å². The first-order valence-corrected chi connectivity index (χ1v) is 7.33. The van der Waals surface area contributed by atoms with E-state index in [0.29, 0.717) is 17.3 Å². The lowest BCUT2D eigenvalue weighted by Gasteiger charge is -2.23. The number of hydrogen-bond donors (Lipinski definition) is 2. The highest BCUT2D eigenvalue weighted by molar-refractivity contribution is 5.93. The molecule has 1 heterocycles. The van der Waals surface area contributed by atoms with Crippen molar-refractivity contribution in [2.24, 2.45) is 5.92 Å². The van der Waals surface area contributed by atoms with Crippen molar-refractivity contribution in [1.82, 2.24) is 9.97 Å². The van der Waals surface area contributed by atoms with Crippen LogP contribution in [-0.4, -0.2) is 27.1 Å². The zero-order valence-corrected chi connectivity index (χ0v) is 12.6. The molecule has 5 nitrogen and oxygen atoms in total. The van der Waals surface area contributed by atoms with Gasteiger partial charge in [-0.2, -0.15) is 0 Å². The zero-order chi connectivity index (χ0) is 15.4. The first-order valence-electron chi connectivity index (χ1n) is 7.33. The van der Waals surface area contributed by atoms with E-state index in [9.17, 15) is 4.79 Å². The van der Waals surface area contributed by atoms with Crippen molar-refractivity contribution < 1.29 is 9.90 Å². The summed E-state index contributed by atoms with van der Waals surface area (Å²) in [5.74, 6) is -0.170. The minimum Gasteiger partial charge on any atom is -0.475 e. The summed E-state index contributed by atoms with van der Waals surface area (Å²) in [6, 6.07) is 7.67. The molecule has 0 bridgehead atoms. The van der Waals surface area contributed by atoms with Crippen LogP contribution in [-0.2, 0) is 0 Å². The minimum absolute atomic E-state index is 0.173. The lowest BCUT2D eigenvalue weighted by Crippen LogP contribution is -2.26. The molecule has 0 saturated heterocycles. The predicted molar refractivity (Wildman–Crippen MR) is 83.7 cm³/mol. The van der Waals surface area contributed by atoms with Gasteiger partial charge in [-0.25, -0.2) is 14.8 Å². The van der Waals surface area contributed by atoms with Gasteiger partial charge >= 0.3 is 5.97 Å². The number of aromatic carboxylic acids is 1. The highest BCUT2D eigenvalue weighted by atomic mass is 16.4. The molecule has 1 unspecified atom stereocenters. The number of nitrogens with zero attached hydrogens (tertiary/aromatic N) is 2. The fraction of sp³-hybridized carbons (Fsp3) is 0.438. The van der Waals surface area contributed by atoms with Crippen LogP contribution in [0.3, 0.4) is 0 Å². The van der Waals surface area contributed by atoms with E-state index in [1.807, 2.05) is 18.2 Å². The monoisotopic (exact) mass is 287 g/mol. The molecule has 2 N–H and O–H groups in total. The SMILES string of the molecule is CCC(CC)C(C)Nc1nc(C(=O)O)nc2ccccc12. The molecular formula is C16H21N3O2. The molecule has 0 aliphatic rings. The van der Waals surface area contributed by atoms with Crippen LogP contribution in [0, 0.1) is 5.92 Å². The Kier molecular flexibility index (Phi) is 4.73. The molecule has 1 aromatic heterocycles. The molecule has 0 saturated carbocycles. The molecule has 2 aromatic rings. The van der Waals surface area contributed by atoms with Gasteiger partial charge in [0.2, 0.25) is 5.82 Å². The number of aromatic nitrogens is 2. The Morgan fingerprint density at radius 2 is 1.90 bits per heavy atom. The number of para-hydroxylation sites is 1. The van der Waals surface area contributed by atoms with Crippen LogP contribution in [0.2, 0.25) is 0 Å². The Labute approximate surface area is 124 Å². The van der Waals surface area contributed by atoms with Gasteiger partial charge in [0, 0.05) is 11.4 Å². The predicted octanol–water partition coefficient (Wildman–Crippen LogP) is 3.56. The molecule has 1 atom stereocenters. The largest absolute Gasteiger partial charge is 0.475 e. The maximum absolute atomic E-state index is 11.2. The third kappa shape index (κ3) is 3.29. The summed E-state index contributed by atoms with van der Waals surface area (Å²) in [6.07, 6.45) is 2.14. The van der Waals surface area contributed by atoms with E-state index in [4.69, 9.17) is 5.11 Å². The molecule has 0 amide bonds. The molecule has 1 aromatic carbocycles. The average molecular weight is 287 g/mol. The Morgan fingerprint density at radius 1 is 1.24 bits per heavy atom. The van der Waals surface area contributed by atoms with Gasteiger partial charge in [-0.1, -0.05) is 38.8 Å². The van der Waals surface area contributed by atoms with Gasteiger partial charge in [0.05, 0.1) is 5.52 Å². The van der Waals surface area contributed by atoms with Crippen molar-refractivity contribution >= 4 is 22.7 Å². The number of carboxylic acid groups (broad SMARTS) is 1. The number of anilines is 1. The summed E-state index contributed by atoms with van der Waals surface area (Å²) in [5, 5.41) is 13.4. The molecule has 0 aliphatic heterocycles. The summed E-state index contributed by atoms with van der Waals surface area (Å²) in [5.41, 5.74) is 0.643. The van der Waals surface area contributed by atoms with Crippen LogP contribution >= 0.6 is 0 Å². The lowest BCUT2D eigenvalue weighted by molar-refractivity contribution is 0.0684. The number of hydrogen-bond acceptors (Lipinski definition) is 4. The normalized spacial score (nSPS) is 12.6. The number of fused-ring (bicyclic) bond motifs is 1. The van der Waals surface area contributed by atoms with Crippen molar-refractivity contribution in [1.29, 1.82) is 0 Å². The Morgan fingerprint density at radius 3 is 2.52 bits per heavy atom. The highest BCUT2D eigenvalue weighted by Gasteiger charge is 2.17. The van der Waals surface area contributed by atoms with Gasteiger partial charge in [0.15, 0.2) is 0 Å². The van der Waals surface area contributed by atoms with Crippen LogP contribution in [0.1, 0.15) is 44.2 Å². The summed E-state index contributed by atoms with van der Waals surface area (Å²) in [7, 11) is 0. The maximum atomic E-state index is 11.2. The number of rotatable bonds is 6. The standard InChI is InChI=1S/C16H21N3O2/c1-4-11(5-2)10(3)17-14-12-8-6-7-9-13(12)18-15(19-14)16(20)21/h6-11H,4-5H2,1-3H3,(H,20,21)(H,17,18,19). The highest BCUT2D eigenvalue weighted by Crippen LogP contribution is 2.23. The molecule has 0 spiro atoms. The van der Waals surface area contributed by atoms with Crippen LogP contribution in [0.4, 0.5) is 5.82 Å². The molecule has 2 rings (SSSR count). The second kappa shape index (κ2) is 6.52. The second-order valence-corrected chi connectivity index (χ2v) is 5.23. The molecule has 112 valence electrons. The molecule has 21 heavy (non-hydrogen) atoms. The lowest BCUT2D eigenvalue weighted by atomic mass is 9.95. The fourth-order valence-electron chi connectivity index (χ4n) is 2.61. The van der Waals surface area contributed by atoms with Crippen molar-refractivity contribution in [2.75, 3.05) is 5.32 Å². The smallest absolute Gasteiger partial charge is 0.374 e. The number of carbonyl (C=O) groups is 1. The zero-order valence-electron chi connectivity index (χ0n) is 12.6. The summed E-state index contributed by atoms with van der Waals surface area (Å²) in [4.78, 5) is 19.4. The topological polar surface area (TPSA) is 75.1 Å². The second-order valence-electron chi connectivity index (χ2n) is 5.23. The molecule has 5 heteroatoms. The van der Waals surface area contributed by atoms with Crippen LogP contribution in [0.25, 0.3) is 10.9 Å². The first kappa shape index (κ1) is 15.2. The number of nitrogens with one attached hydrogen (secondary N) is 1. The summed E-state index contributed by atoms with van der Waals surface area (Å²) in [6.45, 7) is 6.43. The maximum Gasteiger partial charge on any atom is 0.374 e. The van der Waals surface area contributed by atoms with E-state index >= 15 is 0 Å². The summed E-state index contributed by atoms with van der Waals surface area (Å²) < 4.78 is 0. The molecule has 0 fully saturated rings. The summed E-state index contributed by atoms with van der Waals surface area (Å²) >= 11 is 0. The molecule has 0 radical (unpaired) electrons. The fourth-order valence-corrected chi connectivity index (χ4v) is 2.61. The van der Waals surface area contributed by atoms with Gasteiger partial charge in [-0.05, 0) is 25.0 Å². The van der Waals surface area contributed by atoms with Crippen molar-refractivity contribution in [3.8, 4) is 0 Å². The minimum atomic E-state index is -1.11. The van der Waals surface area contributed by atoms with Crippen molar-refractivity contribution in [3.05, 3.63) is 30.1 Å². The van der Waals surface area contributed by atoms with Crippen LogP contribution < -0.4 is 5.32 Å². The van der Waals surface area contributed by atoms with E-state index in [2.05, 4.69) is 36.1 Å². The van der Waals surface area contributed by atoms with E-state index < -0.39 is 5.97 Å². The van der Waals surface area contributed by atoms with E-state index in [0.717, 1.165) is 18.2 Å². The average Bonchev–Trinajstić information content (AvgIpc) is 2.48. The van der Waals surface area contributed by atoms with E-state index in [1.54, 1.807) is 6.07 Å². The molecular weight excluding hydrogens is 266 g/mol. The van der Waals surface area contributed by atoms with E-state index in [1.165, 1.54) is 0 Å². The van der Waals surface area contributed by atoms with Crippen molar-refractivity contribution in [2.45, 2.75) is 39.7 Å². The number of carboxylic acids is 1. The van der Waals surface area contributed by atoms with Gasteiger partial charge in [0.25, 0.3) is 0 Å². The van der Waals surface area contributed by atoms with Gasteiger partial charge in [0.1, 0.15) is 5.82 Å². The van der Waals surface area contributed by atoms with E-state index in [-0.39, 0.29) is 11.9 Å². The Hall–Kier alpha value is -2.17.